The highest BCUT2D eigenvalue weighted by Gasteiger charge is 2.53. The Labute approximate surface area is 122 Å². The van der Waals surface area contributed by atoms with Gasteiger partial charge in [-0.05, 0) is 55.1 Å². The molecule has 2 nitrogen and oxygen atoms in total. The molecule has 0 aliphatic heterocycles. The quantitative estimate of drug-likeness (QED) is 0.814. The average Bonchev–Trinajstić information content (AvgIpc) is 3.06. The molecule has 2 saturated carbocycles. The fraction of sp³-hybridized carbons (Fsp3) is 0.667. The molecule has 3 rings (SSSR count). The van der Waals surface area contributed by atoms with Gasteiger partial charge >= 0.3 is 0 Å². The zero-order chi connectivity index (χ0) is 14.0. The molecule has 2 aliphatic rings. The summed E-state index contributed by atoms with van der Waals surface area (Å²) in [7, 11) is 0. The molecule has 20 heavy (non-hydrogen) atoms. The molecule has 0 amide bonds. The Kier molecular flexibility index (Phi) is 4.02. The fourth-order valence-corrected chi connectivity index (χ4v) is 3.77. The van der Waals surface area contributed by atoms with Gasteiger partial charge in [-0.15, -0.1) is 0 Å². The molecule has 2 unspecified atom stereocenters. The van der Waals surface area contributed by atoms with Gasteiger partial charge in [0.15, 0.2) is 0 Å². The van der Waals surface area contributed by atoms with Crippen molar-refractivity contribution < 1.29 is 4.74 Å². The minimum absolute atomic E-state index is 0.493. The predicted octanol–water partition coefficient (Wildman–Crippen LogP) is 3.87. The van der Waals surface area contributed by atoms with E-state index in [4.69, 9.17) is 4.74 Å². The minimum atomic E-state index is 0.493. The Bertz CT molecular complexity index is 418. The Morgan fingerprint density at radius 3 is 2.55 bits per heavy atom. The third kappa shape index (κ3) is 3.35. The van der Waals surface area contributed by atoms with E-state index in [1.54, 1.807) is 0 Å². The molecule has 0 aromatic heterocycles. The summed E-state index contributed by atoms with van der Waals surface area (Å²) in [5.41, 5.74) is 0.493. The molecule has 1 aromatic carbocycles. The summed E-state index contributed by atoms with van der Waals surface area (Å²) in [5.74, 6) is 3.06. The number of nitrogens with one attached hydrogen (secondary N) is 1. The molecule has 0 radical (unpaired) electrons. The monoisotopic (exact) mass is 273 g/mol. The van der Waals surface area contributed by atoms with E-state index < -0.39 is 0 Å². The SMILES string of the molecule is CC(C)NCC1(CCOc2ccccc2)CC2CC2C1. The predicted molar refractivity (Wildman–Crippen MR) is 83.0 cm³/mol. The lowest BCUT2D eigenvalue weighted by Crippen LogP contribution is -2.37. The van der Waals surface area contributed by atoms with Crippen molar-refractivity contribution in [3.05, 3.63) is 30.3 Å². The normalized spacial score (nSPS) is 31.4. The third-order valence-corrected chi connectivity index (χ3v) is 4.99. The Balaban J connectivity index is 1.51. The Hall–Kier alpha value is -1.02. The Morgan fingerprint density at radius 2 is 1.90 bits per heavy atom. The molecule has 0 heterocycles. The highest BCUT2D eigenvalue weighted by molar-refractivity contribution is 5.20. The number of hydrogen-bond acceptors (Lipinski definition) is 2. The molecule has 2 heteroatoms. The van der Waals surface area contributed by atoms with Crippen molar-refractivity contribution >= 4 is 0 Å². The van der Waals surface area contributed by atoms with Crippen molar-refractivity contribution in [3.8, 4) is 5.75 Å². The van der Waals surface area contributed by atoms with E-state index >= 15 is 0 Å². The van der Waals surface area contributed by atoms with Crippen LogP contribution in [-0.2, 0) is 0 Å². The first-order chi connectivity index (χ1) is 9.67. The number of fused-ring (bicyclic) bond motifs is 1. The maximum Gasteiger partial charge on any atom is 0.119 e. The molecule has 2 aliphatic carbocycles. The van der Waals surface area contributed by atoms with Crippen LogP contribution in [-0.4, -0.2) is 19.2 Å². The van der Waals surface area contributed by atoms with Crippen LogP contribution in [0, 0.1) is 17.3 Å². The molecule has 2 fully saturated rings. The van der Waals surface area contributed by atoms with Crippen LogP contribution >= 0.6 is 0 Å². The topological polar surface area (TPSA) is 21.3 Å². The molecule has 0 saturated heterocycles. The van der Waals surface area contributed by atoms with Crippen LogP contribution in [0.4, 0.5) is 0 Å². The van der Waals surface area contributed by atoms with E-state index in [0.29, 0.717) is 11.5 Å². The summed E-state index contributed by atoms with van der Waals surface area (Å²) < 4.78 is 5.92. The van der Waals surface area contributed by atoms with Crippen LogP contribution in [0.15, 0.2) is 30.3 Å². The highest BCUT2D eigenvalue weighted by atomic mass is 16.5. The fourth-order valence-electron chi connectivity index (χ4n) is 3.77. The van der Waals surface area contributed by atoms with Gasteiger partial charge in [-0.1, -0.05) is 32.0 Å². The number of para-hydroxylation sites is 1. The van der Waals surface area contributed by atoms with Gasteiger partial charge in [0, 0.05) is 12.6 Å². The molecule has 110 valence electrons. The first-order valence-corrected chi connectivity index (χ1v) is 8.08. The van der Waals surface area contributed by atoms with Crippen molar-refractivity contribution in [2.24, 2.45) is 17.3 Å². The van der Waals surface area contributed by atoms with Crippen LogP contribution in [0.2, 0.25) is 0 Å². The summed E-state index contributed by atoms with van der Waals surface area (Å²) in [6.07, 6.45) is 5.50. The summed E-state index contributed by atoms with van der Waals surface area (Å²) in [6.45, 7) is 6.49. The van der Waals surface area contributed by atoms with Crippen LogP contribution in [0.3, 0.4) is 0 Å². The second-order valence-electron chi connectivity index (χ2n) is 7.11. The molecule has 2 atom stereocenters. The van der Waals surface area contributed by atoms with Gasteiger partial charge in [-0.25, -0.2) is 0 Å². The van der Waals surface area contributed by atoms with Crippen molar-refractivity contribution in [2.75, 3.05) is 13.2 Å². The van der Waals surface area contributed by atoms with E-state index in [9.17, 15) is 0 Å². The highest BCUT2D eigenvalue weighted by Crippen LogP contribution is 2.60. The summed E-state index contributed by atoms with van der Waals surface area (Å²) in [4.78, 5) is 0. The first kappa shape index (κ1) is 13.9. The van der Waals surface area contributed by atoms with Gasteiger partial charge in [-0.2, -0.15) is 0 Å². The average molecular weight is 273 g/mol. The Morgan fingerprint density at radius 1 is 1.20 bits per heavy atom. The van der Waals surface area contributed by atoms with Crippen molar-refractivity contribution in [3.63, 3.8) is 0 Å². The summed E-state index contributed by atoms with van der Waals surface area (Å²) >= 11 is 0. The van der Waals surface area contributed by atoms with Gasteiger partial charge in [-0.3, -0.25) is 0 Å². The number of rotatable bonds is 7. The zero-order valence-corrected chi connectivity index (χ0v) is 12.8. The molecule has 1 aromatic rings. The number of benzene rings is 1. The molecule has 0 spiro atoms. The van der Waals surface area contributed by atoms with Crippen LogP contribution in [0.1, 0.15) is 39.5 Å². The maximum atomic E-state index is 5.92. The van der Waals surface area contributed by atoms with Crippen molar-refractivity contribution in [2.45, 2.75) is 45.6 Å². The molecule has 0 bridgehead atoms. The molecule has 1 N–H and O–H groups in total. The minimum Gasteiger partial charge on any atom is -0.494 e. The number of hydrogen-bond donors (Lipinski definition) is 1. The lowest BCUT2D eigenvalue weighted by atomic mass is 9.79. The maximum absolute atomic E-state index is 5.92. The van der Waals surface area contributed by atoms with Gasteiger partial charge < -0.3 is 10.1 Å². The first-order valence-electron chi connectivity index (χ1n) is 8.08. The van der Waals surface area contributed by atoms with Crippen LogP contribution in [0.5, 0.6) is 5.75 Å². The summed E-state index contributed by atoms with van der Waals surface area (Å²) in [6, 6.07) is 10.8. The van der Waals surface area contributed by atoms with Crippen LogP contribution in [0.25, 0.3) is 0 Å². The molecular formula is C18H27NO. The molecular weight excluding hydrogens is 246 g/mol. The van der Waals surface area contributed by atoms with Gasteiger partial charge in [0.05, 0.1) is 6.61 Å². The third-order valence-electron chi connectivity index (χ3n) is 4.99. The van der Waals surface area contributed by atoms with E-state index in [1.165, 1.54) is 25.7 Å². The second-order valence-corrected chi connectivity index (χ2v) is 7.11. The zero-order valence-electron chi connectivity index (χ0n) is 12.8. The lowest BCUT2D eigenvalue weighted by molar-refractivity contribution is 0.173. The smallest absolute Gasteiger partial charge is 0.119 e. The van der Waals surface area contributed by atoms with Crippen LogP contribution < -0.4 is 10.1 Å². The van der Waals surface area contributed by atoms with E-state index in [-0.39, 0.29) is 0 Å². The number of ether oxygens (including phenoxy) is 1. The largest absolute Gasteiger partial charge is 0.494 e. The van der Waals surface area contributed by atoms with E-state index in [0.717, 1.165) is 30.7 Å². The van der Waals surface area contributed by atoms with E-state index in [1.807, 2.05) is 30.3 Å². The summed E-state index contributed by atoms with van der Waals surface area (Å²) in [5, 5.41) is 3.66. The van der Waals surface area contributed by atoms with E-state index in [2.05, 4.69) is 19.2 Å². The van der Waals surface area contributed by atoms with Gasteiger partial charge in [0.1, 0.15) is 5.75 Å². The van der Waals surface area contributed by atoms with Crippen molar-refractivity contribution in [1.82, 2.24) is 5.32 Å². The van der Waals surface area contributed by atoms with Gasteiger partial charge in [0.2, 0.25) is 0 Å². The lowest BCUT2D eigenvalue weighted by Gasteiger charge is -2.32. The van der Waals surface area contributed by atoms with Gasteiger partial charge in [0.25, 0.3) is 0 Å². The second kappa shape index (κ2) is 5.77. The standard InChI is InChI=1S/C18H27NO/c1-14(2)19-13-18(11-15-10-16(15)12-18)8-9-20-17-6-4-3-5-7-17/h3-7,14-16,19H,8-13H2,1-2H3. The van der Waals surface area contributed by atoms with Crippen molar-refractivity contribution in [1.29, 1.82) is 0 Å².